The molecule has 4 nitrogen and oxygen atoms in total. The molecular weight excluding hydrogens is 322 g/mol. The molecule has 0 saturated carbocycles. The summed E-state index contributed by atoms with van der Waals surface area (Å²) in [6.07, 6.45) is 1.69. The Balaban J connectivity index is 2.06. The van der Waals surface area contributed by atoms with E-state index in [2.05, 4.69) is 25.7 Å². The van der Waals surface area contributed by atoms with Gasteiger partial charge < -0.3 is 9.47 Å². The first-order chi connectivity index (χ1) is 9.60. The zero-order valence-electron chi connectivity index (χ0n) is 11.2. The van der Waals surface area contributed by atoms with E-state index in [1.165, 1.54) is 7.11 Å². The maximum atomic E-state index is 11.4. The normalized spacial score (nSPS) is 10.2. The van der Waals surface area contributed by atoms with Crippen molar-refractivity contribution in [1.82, 2.24) is 4.98 Å². The predicted octanol–water partition coefficient (Wildman–Crippen LogP) is 3.52. The van der Waals surface area contributed by atoms with Crippen LogP contribution in [0.4, 0.5) is 0 Å². The Labute approximate surface area is 125 Å². The van der Waals surface area contributed by atoms with Gasteiger partial charge in [0.05, 0.1) is 18.9 Å². The van der Waals surface area contributed by atoms with E-state index in [9.17, 15) is 4.79 Å². The van der Waals surface area contributed by atoms with Gasteiger partial charge in [-0.15, -0.1) is 0 Å². The molecule has 0 radical (unpaired) electrons. The molecule has 0 fully saturated rings. The van der Waals surface area contributed by atoms with E-state index in [1.54, 1.807) is 18.3 Å². The number of nitrogens with zero attached hydrogens (tertiary/aromatic N) is 1. The van der Waals surface area contributed by atoms with Crippen molar-refractivity contribution >= 4 is 21.9 Å². The first-order valence-corrected chi connectivity index (χ1v) is 6.81. The molecule has 2 rings (SSSR count). The molecule has 0 amide bonds. The average molecular weight is 336 g/mol. The van der Waals surface area contributed by atoms with Crippen molar-refractivity contribution in [2.24, 2.45) is 0 Å². The molecule has 0 aliphatic heterocycles. The van der Waals surface area contributed by atoms with Crippen molar-refractivity contribution in [3.8, 4) is 5.75 Å². The number of carbonyl (C=O) groups is 1. The van der Waals surface area contributed by atoms with E-state index in [1.807, 2.05) is 25.1 Å². The predicted molar refractivity (Wildman–Crippen MR) is 78.8 cm³/mol. The van der Waals surface area contributed by atoms with Crippen molar-refractivity contribution in [2.45, 2.75) is 13.5 Å². The molecule has 0 atom stereocenters. The molecule has 20 heavy (non-hydrogen) atoms. The number of carbonyl (C=O) groups excluding carboxylic acids is 1. The van der Waals surface area contributed by atoms with Gasteiger partial charge in [0.25, 0.3) is 0 Å². The van der Waals surface area contributed by atoms with Gasteiger partial charge in [0.2, 0.25) is 0 Å². The summed E-state index contributed by atoms with van der Waals surface area (Å²) in [7, 11) is 1.36. The van der Waals surface area contributed by atoms with E-state index in [0.717, 1.165) is 15.7 Å². The zero-order valence-corrected chi connectivity index (χ0v) is 12.8. The standard InChI is InChI=1S/C15H14BrNO3/c1-10-3-6-13(8-17-10)20-9-12-5-4-11(7-14(12)16)15(18)19-2/h3-8H,9H2,1-2H3. The molecule has 1 aromatic carbocycles. The van der Waals surface area contributed by atoms with Gasteiger partial charge in [-0.1, -0.05) is 22.0 Å². The van der Waals surface area contributed by atoms with E-state index < -0.39 is 0 Å². The van der Waals surface area contributed by atoms with Crippen LogP contribution in [0.25, 0.3) is 0 Å². The van der Waals surface area contributed by atoms with Gasteiger partial charge in [0.15, 0.2) is 0 Å². The topological polar surface area (TPSA) is 48.4 Å². The molecule has 1 heterocycles. The fraction of sp³-hybridized carbons (Fsp3) is 0.200. The van der Waals surface area contributed by atoms with Crippen molar-refractivity contribution in [2.75, 3.05) is 7.11 Å². The molecule has 5 heteroatoms. The van der Waals surface area contributed by atoms with Crippen molar-refractivity contribution in [3.05, 3.63) is 57.8 Å². The van der Waals surface area contributed by atoms with Gasteiger partial charge in [0.1, 0.15) is 12.4 Å². The number of methoxy groups -OCH3 is 1. The third-order valence-corrected chi connectivity index (χ3v) is 3.49. The molecule has 1 aromatic heterocycles. The fourth-order valence-corrected chi connectivity index (χ4v) is 2.10. The van der Waals surface area contributed by atoms with Crippen LogP contribution in [-0.4, -0.2) is 18.1 Å². The van der Waals surface area contributed by atoms with E-state index in [-0.39, 0.29) is 5.97 Å². The SMILES string of the molecule is COC(=O)c1ccc(COc2ccc(C)nc2)c(Br)c1. The Morgan fingerprint density at radius 2 is 2.10 bits per heavy atom. The minimum absolute atomic E-state index is 0.360. The van der Waals surface area contributed by atoms with Gasteiger partial charge in [-0.05, 0) is 31.2 Å². The number of aromatic nitrogens is 1. The third kappa shape index (κ3) is 3.57. The summed E-state index contributed by atoms with van der Waals surface area (Å²) in [5, 5.41) is 0. The number of esters is 1. The Morgan fingerprint density at radius 3 is 2.70 bits per heavy atom. The number of aryl methyl sites for hydroxylation is 1. The van der Waals surface area contributed by atoms with Crippen LogP contribution in [0, 0.1) is 6.92 Å². The van der Waals surface area contributed by atoms with E-state index in [4.69, 9.17) is 4.74 Å². The van der Waals surface area contributed by atoms with Crippen LogP contribution in [-0.2, 0) is 11.3 Å². The van der Waals surface area contributed by atoms with Gasteiger partial charge in [-0.2, -0.15) is 0 Å². The molecular formula is C15H14BrNO3. The zero-order chi connectivity index (χ0) is 14.5. The highest BCUT2D eigenvalue weighted by molar-refractivity contribution is 9.10. The first kappa shape index (κ1) is 14.5. The Bertz CT molecular complexity index is 611. The van der Waals surface area contributed by atoms with Crippen LogP contribution in [0.1, 0.15) is 21.6 Å². The van der Waals surface area contributed by atoms with Crippen LogP contribution in [0.3, 0.4) is 0 Å². The van der Waals surface area contributed by atoms with Gasteiger partial charge in [-0.3, -0.25) is 4.98 Å². The monoisotopic (exact) mass is 335 g/mol. The minimum Gasteiger partial charge on any atom is -0.487 e. The lowest BCUT2D eigenvalue weighted by molar-refractivity contribution is 0.0600. The molecule has 0 saturated heterocycles. The Hall–Kier alpha value is -1.88. The van der Waals surface area contributed by atoms with Crippen LogP contribution < -0.4 is 4.74 Å². The smallest absolute Gasteiger partial charge is 0.337 e. The third-order valence-electron chi connectivity index (χ3n) is 2.75. The largest absolute Gasteiger partial charge is 0.487 e. The lowest BCUT2D eigenvalue weighted by Gasteiger charge is -2.09. The molecule has 0 aliphatic carbocycles. The number of ether oxygens (including phenoxy) is 2. The summed E-state index contributed by atoms with van der Waals surface area (Å²) in [6.45, 7) is 2.32. The lowest BCUT2D eigenvalue weighted by atomic mass is 10.1. The molecule has 0 spiro atoms. The number of hydrogen-bond donors (Lipinski definition) is 0. The Morgan fingerprint density at radius 1 is 1.30 bits per heavy atom. The van der Waals surface area contributed by atoms with E-state index in [0.29, 0.717) is 17.9 Å². The van der Waals surface area contributed by atoms with Crippen LogP contribution in [0.15, 0.2) is 41.0 Å². The van der Waals surface area contributed by atoms with Gasteiger partial charge >= 0.3 is 5.97 Å². The Kier molecular flexibility index (Phi) is 4.74. The second-order valence-electron chi connectivity index (χ2n) is 4.22. The summed E-state index contributed by atoms with van der Waals surface area (Å²) < 4.78 is 11.1. The maximum Gasteiger partial charge on any atom is 0.337 e. The second kappa shape index (κ2) is 6.52. The highest BCUT2D eigenvalue weighted by Gasteiger charge is 2.08. The summed E-state index contributed by atoms with van der Waals surface area (Å²) in [5.41, 5.74) is 2.39. The summed E-state index contributed by atoms with van der Waals surface area (Å²) in [4.78, 5) is 15.6. The minimum atomic E-state index is -0.360. The second-order valence-corrected chi connectivity index (χ2v) is 5.08. The summed E-state index contributed by atoms with van der Waals surface area (Å²) >= 11 is 3.43. The molecule has 0 bridgehead atoms. The van der Waals surface area contributed by atoms with Crippen molar-refractivity contribution < 1.29 is 14.3 Å². The number of pyridine rings is 1. The number of halogens is 1. The molecule has 0 N–H and O–H groups in total. The highest BCUT2D eigenvalue weighted by Crippen LogP contribution is 2.21. The van der Waals surface area contributed by atoms with E-state index >= 15 is 0 Å². The molecule has 0 unspecified atom stereocenters. The van der Waals surface area contributed by atoms with Crippen LogP contribution in [0.2, 0.25) is 0 Å². The number of rotatable bonds is 4. The first-order valence-electron chi connectivity index (χ1n) is 6.02. The fourth-order valence-electron chi connectivity index (χ4n) is 1.61. The average Bonchev–Trinajstić information content (AvgIpc) is 2.46. The molecule has 104 valence electrons. The maximum absolute atomic E-state index is 11.4. The number of hydrogen-bond acceptors (Lipinski definition) is 4. The molecule has 2 aromatic rings. The van der Waals surface area contributed by atoms with Crippen LogP contribution >= 0.6 is 15.9 Å². The van der Waals surface area contributed by atoms with Crippen LogP contribution in [0.5, 0.6) is 5.75 Å². The van der Waals surface area contributed by atoms with Crippen molar-refractivity contribution in [1.29, 1.82) is 0 Å². The van der Waals surface area contributed by atoms with Gasteiger partial charge in [0, 0.05) is 15.7 Å². The molecule has 0 aliphatic rings. The summed E-state index contributed by atoms with van der Waals surface area (Å²) in [5.74, 6) is 0.348. The van der Waals surface area contributed by atoms with Crippen molar-refractivity contribution in [3.63, 3.8) is 0 Å². The van der Waals surface area contributed by atoms with Gasteiger partial charge in [-0.25, -0.2) is 4.79 Å². The summed E-state index contributed by atoms with van der Waals surface area (Å²) in [6, 6.07) is 9.03. The highest BCUT2D eigenvalue weighted by atomic mass is 79.9. The number of benzene rings is 1. The quantitative estimate of drug-likeness (QED) is 0.802. The lowest BCUT2D eigenvalue weighted by Crippen LogP contribution is -2.03.